The molecule has 9 heteroatoms. The molecular weight excluding hydrogens is 588 g/mol. The number of aryl methyl sites for hydroxylation is 1. The number of terminal acetylenes is 1. The van der Waals surface area contributed by atoms with Crippen LogP contribution in [0.1, 0.15) is 48.0 Å². The van der Waals surface area contributed by atoms with E-state index in [-0.39, 0.29) is 5.92 Å². The van der Waals surface area contributed by atoms with Gasteiger partial charge in [0.2, 0.25) is 5.88 Å². The maximum absolute atomic E-state index is 13.4. The first-order valence-corrected chi connectivity index (χ1v) is 15.2. The highest BCUT2D eigenvalue weighted by atomic mass is 16.5. The number of nitrogens with one attached hydrogen (secondary N) is 2. The number of rotatable bonds is 9. The Morgan fingerprint density at radius 3 is 2.49 bits per heavy atom. The summed E-state index contributed by atoms with van der Waals surface area (Å²) in [5.41, 5.74) is 5.15. The average Bonchev–Trinajstić information content (AvgIpc) is 3.50. The quantitative estimate of drug-likeness (QED) is 0.157. The van der Waals surface area contributed by atoms with Gasteiger partial charge in [-0.25, -0.2) is 14.5 Å². The molecular formula is C38H34N6O3. The molecule has 0 fully saturated rings. The Morgan fingerprint density at radius 1 is 0.957 bits per heavy atom. The summed E-state index contributed by atoms with van der Waals surface area (Å²) in [6.07, 6.45) is 7.73. The van der Waals surface area contributed by atoms with E-state index in [4.69, 9.17) is 21.0 Å². The first-order valence-electron chi connectivity index (χ1n) is 15.2. The number of methoxy groups -OCH3 is 1. The van der Waals surface area contributed by atoms with Gasteiger partial charge in [-0.05, 0) is 60.9 Å². The van der Waals surface area contributed by atoms with Crippen LogP contribution >= 0.6 is 0 Å². The molecule has 2 aromatic heterocycles. The monoisotopic (exact) mass is 622 g/mol. The minimum absolute atomic E-state index is 0.191. The summed E-state index contributed by atoms with van der Waals surface area (Å²) < 4.78 is 13.4. The molecule has 0 saturated heterocycles. The molecule has 2 N–H and O–H groups in total. The molecule has 0 radical (unpaired) electrons. The van der Waals surface area contributed by atoms with Crippen LogP contribution in [0.15, 0.2) is 97.2 Å². The van der Waals surface area contributed by atoms with Gasteiger partial charge in [0.25, 0.3) is 0 Å². The molecule has 47 heavy (non-hydrogen) atoms. The van der Waals surface area contributed by atoms with Crippen LogP contribution in [-0.2, 0) is 6.42 Å². The SMILES string of the molecule is C#Cc1cc(Cc2nccc(Oc3ccc(NC(=O)Nc4cc(C(C)C)nn4-c4ccc(C)cc4)c4ccccc34)n2)cc(OC)c1. The summed E-state index contributed by atoms with van der Waals surface area (Å²) >= 11 is 0. The lowest BCUT2D eigenvalue weighted by Crippen LogP contribution is -2.21. The maximum Gasteiger partial charge on any atom is 0.324 e. The predicted molar refractivity (Wildman–Crippen MR) is 185 cm³/mol. The van der Waals surface area contributed by atoms with Gasteiger partial charge < -0.3 is 14.8 Å². The van der Waals surface area contributed by atoms with E-state index in [0.717, 1.165) is 38.8 Å². The van der Waals surface area contributed by atoms with Gasteiger partial charge in [-0.2, -0.15) is 10.1 Å². The Morgan fingerprint density at radius 2 is 1.74 bits per heavy atom. The molecule has 0 spiro atoms. The Hall–Kier alpha value is -6.14. The highest BCUT2D eigenvalue weighted by molar-refractivity contribution is 6.07. The second-order valence-corrected chi connectivity index (χ2v) is 11.4. The summed E-state index contributed by atoms with van der Waals surface area (Å²) in [5.74, 6) is 5.65. The minimum Gasteiger partial charge on any atom is -0.497 e. The van der Waals surface area contributed by atoms with Crippen molar-refractivity contribution in [3.05, 3.63) is 125 Å². The lowest BCUT2D eigenvalue weighted by Gasteiger charge is -2.14. The number of benzene rings is 4. The van der Waals surface area contributed by atoms with Crippen LogP contribution in [0.3, 0.4) is 0 Å². The topological polar surface area (TPSA) is 103 Å². The zero-order chi connectivity index (χ0) is 32.9. The van der Waals surface area contributed by atoms with Gasteiger partial charge in [0.05, 0.1) is 24.2 Å². The summed E-state index contributed by atoms with van der Waals surface area (Å²) in [7, 11) is 1.60. The van der Waals surface area contributed by atoms with Crippen molar-refractivity contribution < 1.29 is 14.3 Å². The van der Waals surface area contributed by atoms with E-state index >= 15 is 0 Å². The number of aromatic nitrogens is 4. The number of ether oxygens (including phenoxy) is 2. The van der Waals surface area contributed by atoms with E-state index in [1.807, 2.05) is 85.8 Å². The van der Waals surface area contributed by atoms with E-state index in [1.54, 1.807) is 30.1 Å². The van der Waals surface area contributed by atoms with Gasteiger partial charge in [0, 0.05) is 41.1 Å². The van der Waals surface area contributed by atoms with E-state index < -0.39 is 6.03 Å². The molecule has 9 nitrogen and oxygen atoms in total. The number of fused-ring (bicyclic) bond motifs is 1. The van der Waals surface area contributed by atoms with Crippen LogP contribution < -0.4 is 20.1 Å². The lowest BCUT2D eigenvalue weighted by atomic mass is 10.1. The summed E-state index contributed by atoms with van der Waals surface area (Å²) in [5, 5.41) is 12.4. The fourth-order valence-electron chi connectivity index (χ4n) is 5.17. The third-order valence-corrected chi connectivity index (χ3v) is 7.60. The van der Waals surface area contributed by atoms with Crippen LogP contribution in [0.5, 0.6) is 17.4 Å². The number of carbonyl (C=O) groups excluding carboxylic acids is 1. The Kier molecular flexibility index (Phi) is 8.84. The normalized spacial score (nSPS) is 10.9. The second kappa shape index (κ2) is 13.5. The maximum atomic E-state index is 13.4. The molecule has 0 bridgehead atoms. The lowest BCUT2D eigenvalue weighted by molar-refractivity contribution is 0.262. The molecule has 234 valence electrons. The first kappa shape index (κ1) is 30.9. The molecule has 2 amide bonds. The highest BCUT2D eigenvalue weighted by Crippen LogP contribution is 2.34. The van der Waals surface area contributed by atoms with Gasteiger partial charge >= 0.3 is 6.03 Å². The van der Waals surface area contributed by atoms with Crippen molar-refractivity contribution in [2.45, 2.75) is 33.1 Å². The standard InChI is InChI=1S/C38H34N6O3/c1-6-26-19-27(21-29(20-26)46-5)22-35-39-18-17-37(41-35)47-34-16-15-32(30-9-7-8-10-31(30)34)40-38(45)42-36-23-33(24(2)3)43-44(36)28-13-11-25(4)12-14-28/h1,7-21,23-24H,22H2,2-5H3,(H2,40,42,45). The number of carbonyl (C=O) groups is 1. The van der Waals surface area contributed by atoms with Gasteiger partial charge in [-0.15, -0.1) is 6.42 Å². The largest absolute Gasteiger partial charge is 0.497 e. The van der Waals surface area contributed by atoms with Crippen molar-refractivity contribution in [2.75, 3.05) is 17.7 Å². The predicted octanol–water partition coefficient (Wildman–Crippen LogP) is 8.26. The molecule has 0 unspecified atom stereocenters. The van der Waals surface area contributed by atoms with Crippen molar-refractivity contribution in [3.63, 3.8) is 0 Å². The number of hydrogen-bond acceptors (Lipinski definition) is 6. The highest BCUT2D eigenvalue weighted by Gasteiger charge is 2.16. The van der Waals surface area contributed by atoms with E-state index in [1.165, 1.54) is 0 Å². The minimum atomic E-state index is -0.390. The van der Waals surface area contributed by atoms with Crippen molar-refractivity contribution >= 4 is 28.3 Å². The number of amides is 2. The third kappa shape index (κ3) is 7.08. The molecule has 6 rings (SSSR count). The Balaban J connectivity index is 1.22. The van der Waals surface area contributed by atoms with Gasteiger partial charge in [0.1, 0.15) is 23.1 Å². The van der Waals surface area contributed by atoms with E-state index in [2.05, 4.69) is 40.4 Å². The number of nitrogens with zero attached hydrogens (tertiary/aromatic N) is 4. The zero-order valence-corrected chi connectivity index (χ0v) is 26.6. The molecule has 0 atom stereocenters. The van der Waals surface area contributed by atoms with Crippen molar-refractivity contribution in [1.82, 2.24) is 19.7 Å². The van der Waals surface area contributed by atoms with Crippen LogP contribution in [0.4, 0.5) is 16.3 Å². The van der Waals surface area contributed by atoms with E-state index in [9.17, 15) is 4.79 Å². The molecule has 0 aliphatic carbocycles. The Labute approximate surface area is 273 Å². The fourth-order valence-corrected chi connectivity index (χ4v) is 5.17. The molecule has 4 aromatic carbocycles. The first-order chi connectivity index (χ1) is 22.8. The molecule has 6 aromatic rings. The summed E-state index contributed by atoms with van der Waals surface area (Å²) in [6, 6.07) is 28.2. The summed E-state index contributed by atoms with van der Waals surface area (Å²) in [4.78, 5) is 22.4. The second-order valence-electron chi connectivity index (χ2n) is 11.4. The molecule has 0 saturated carbocycles. The molecule has 0 aliphatic heterocycles. The van der Waals surface area contributed by atoms with Crippen LogP contribution in [0.2, 0.25) is 0 Å². The van der Waals surface area contributed by atoms with Gasteiger partial charge in [-0.1, -0.05) is 61.7 Å². The molecule has 0 aliphatic rings. The van der Waals surface area contributed by atoms with Gasteiger partial charge in [0.15, 0.2) is 0 Å². The van der Waals surface area contributed by atoms with Crippen LogP contribution in [0.25, 0.3) is 16.5 Å². The smallest absolute Gasteiger partial charge is 0.324 e. The zero-order valence-electron chi connectivity index (χ0n) is 26.6. The van der Waals surface area contributed by atoms with Crippen molar-refractivity contribution in [3.8, 4) is 35.4 Å². The third-order valence-electron chi connectivity index (χ3n) is 7.60. The Bertz CT molecular complexity index is 2110. The van der Waals surface area contributed by atoms with Gasteiger partial charge in [-0.3, -0.25) is 5.32 Å². The average molecular weight is 623 g/mol. The number of hydrogen-bond donors (Lipinski definition) is 2. The number of urea groups is 1. The van der Waals surface area contributed by atoms with Crippen molar-refractivity contribution in [1.29, 1.82) is 0 Å². The molecule has 2 heterocycles. The number of anilines is 2. The summed E-state index contributed by atoms with van der Waals surface area (Å²) in [6.45, 7) is 6.17. The van der Waals surface area contributed by atoms with Crippen LogP contribution in [0, 0.1) is 19.3 Å². The van der Waals surface area contributed by atoms with Crippen molar-refractivity contribution in [2.24, 2.45) is 0 Å². The van der Waals surface area contributed by atoms with E-state index in [0.29, 0.717) is 41.1 Å². The van der Waals surface area contributed by atoms with Crippen LogP contribution in [-0.4, -0.2) is 32.9 Å². The fraction of sp³-hybridized carbons (Fsp3) is 0.158.